The van der Waals surface area contributed by atoms with E-state index in [2.05, 4.69) is 36.6 Å². The number of hydrogen-bond donors (Lipinski definition) is 3. The first-order chi connectivity index (χ1) is 15.1. The van der Waals surface area contributed by atoms with E-state index in [1.54, 1.807) is 36.7 Å². The number of benzene rings is 2. The van der Waals surface area contributed by atoms with E-state index in [9.17, 15) is 0 Å². The molecule has 4 rings (SSSR count). The van der Waals surface area contributed by atoms with Gasteiger partial charge in [-0.25, -0.2) is 4.98 Å². The number of rotatable bonds is 5. The monoisotopic (exact) mass is 406 g/mol. The molecular weight excluding hydrogens is 388 g/mol. The van der Waals surface area contributed by atoms with Crippen LogP contribution >= 0.6 is 0 Å². The number of aromatic nitrogens is 4. The minimum atomic E-state index is 0.385. The second-order valence-electron chi connectivity index (χ2n) is 6.93. The number of allylic oxidation sites excluding steroid dienone is 1. The molecule has 0 saturated carbocycles. The maximum atomic E-state index is 8.96. The Balaban J connectivity index is 1.69. The zero-order valence-electron chi connectivity index (χ0n) is 16.9. The van der Waals surface area contributed by atoms with Crippen molar-refractivity contribution in [2.45, 2.75) is 13.8 Å². The summed E-state index contributed by atoms with van der Waals surface area (Å²) in [6, 6.07) is 15.2. The number of aromatic amines is 1. The van der Waals surface area contributed by atoms with Gasteiger partial charge in [-0.2, -0.15) is 20.5 Å². The predicted octanol–water partition coefficient (Wildman–Crippen LogP) is 4.87. The quantitative estimate of drug-likeness (QED) is 0.404. The Morgan fingerprint density at radius 3 is 2.42 bits per heavy atom. The Kier molecular flexibility index (Phi) is 5.29. The van der Waals surface area contributed by atoms with Gasteiger partial charge in [-0.1, -0.05) is 0 Å². The first-order valence-corrected chi connectivity index (χ1v) is 9.50. The van der Waals surface area contributed by atoms with E-state index in [1.807, 2.05) is 32.0 Å². The van der Waals surface area contributed by atoms with Crippen LogP contribution in [0.25, 0.3) is 17.2 Å². The lowest BCUT2D eigenvalue weighted by molar-refractivity contribution is 1.19. The molecule has 0 aliphatic rings. The molecule has 0 unspecified atom stereocenters. The molecule has 0 fully saturated rings. The van der Waals surface area contributed by atoms with Crippen LogP contribution in [0.2, 0.25) is 0 Å². The summed E-state index contributed by atoms with van der Waals surface area (Å²) >= 11 is 0. The molecule has 0 aliphatic carbocycles. The number of nitrogens with zero attached hydrogens (tertiary/aromatic N) is 5. The van der Waals surface area contributed by atoms with Crippen LogP contribution in [-0.4, -0.2) is 19.9 Å². The van der Waals surface area contributed by atoms with E-state index in [4.69, 9.17) is 10.5 Å². The van der Waals surface area contributed by atoms with Crippen LogP contribution in [0.3, 0.4) is 0 Å². The summed E-state index contributed by atoms with van der Waals surface area (Å²) in [5.74, 6) is 0.973. The average Bonchev–Trinajstić information content (AvgIpc) is 3.24. The van der Waals surface area contributed by atoms with Crippen molar-refractivity contribution in [3.63, 3.8) is 0 Å². The van der Waals surface area contributed by atoms with Gasteiger partial charge in [0.2, 0.25) is 5.95 Å². The summed E-state index contributed by atoms with van der Waals surface area (Å²) in [5.41, 5.74) is 6.48. The van der Waals surface area contributed by atoms with Crippen molar-refractivity contribution in [1.29, 1.82) is 10.5 Å². The standard InChI is InChI=1S/C23H18N8/c1-14-10-17(4-3-9-24)11-15(2)19(14)29-22-20-21(27-13-26-20)30-23(31-22)28-18-7-5-16(12-25)6-8-18/h3-8,10-11,13H,1-2H3,(H3,26,27,28,29,30,31)/b4-3+. The van der Waals surface area contributed by atoms with Crippen molar-refractivity contribution in [3.05, 3.63) is 71.1 Å². The minimum absolute atomic E-state index is 0.385. The van der Waals surface area contributed by atoms with Crippen LogP contribution in [0.15, 0.2) is 48.8 Å². The van der Waals surface area contributed by atoms with Crippen molar-refractivity contribution in [1.82, 2.24) is 19.9 Å². The zero-order chi connectivity index (χ0) is 21.8. The Hall–Kier alpha value is -4.69. The van der Waals surface area contributed by atoms with Crippen molar-refractivity contribution in [2.75, 3.05) is 10.6 Å². The van der Waals surface area contributed by atoms with Gasteiger partial charge in [0, 0.05) is 17.5 Å². The highest BCUT2D eigenvalue weighted by molar-refractivity contribution is 5.87. The molecule has 2 aromatic heterocycles. The van der Waals surface area contributed by atoms with Crippen molar-refractivity contribution in [3.8, 4) is 12.1 Å². The lowest BCUT2D eigenvalue weighted by Gasteiger charge is -2.15. The summed E-state index contributed by atoms with van der Waals surface area (Å²) in [6.07, 6.45) is 4.81. The first-order valence-electron chi connectivity index (χ1n) is 9.50. The molecule has 0 aliphatic heterocycles. The van der Waals surface area contributed by atoms with Gasteiger partial charge in [0.15, 0.2) is 11.5 Å². The fourth-order valence-electron chi connectivity index (χ4n) is 3.28. The molecule has 0 spiro atoms. The summed E-state index contributed by atoms with van der Waals surface area (Å²) in [7, 11) is 0. The molecule has 0 atom stereocenters. The van der Waals surface area contributed by atoms with Gasteiger partial charge in [0.1, 0.15) is 5.52 Å². The Morgan fingerprint density at radius 1 is 1.00 bits per heavy atom. The Morgan fingerprint density at radius 2 is 1.74 bits per heavy atom. The molecule has 0 radical (unpaired) electrons. The molecule has 0 saturated heterocycles. The molecule has 8 nitrogen and oxygen atoms in total. The Bertz CT molecular complexity index is 1340. The lowest BCUT2D eigenvalue weighted by Crippen LogP contribution is -2.04. The van der Waals surface area contributed by atoms with Crippen LogP contribution in [0.1, 0.15) is 22.3 Å². The number of fused-ring (bicyclic) bond motifs is 1. The molecule has 8 heteroatoms. The molecule has 2 heterocycles. The number of aryl methyl sites for hydroxylation is 2. The molecular formula is C23H18N8. The van der Waals surface area contributed by atoms with E-state index >= 15 is 0 Å². The summed E-state index contributed by atoms with van der Waals surface area (Å²) in [6.45, 7) is 4.00. The van der Waals surface area contributed by atoms with Crippen LogP contribution in [0.4, 0.5) is 23.1 Å². The van der Waals surface area contributed by atoms with Crippen molar-refractivity contribution < 1.29 is 0 Å². The largest absolute Gasteiger partial charge is 0.340 e. The normalized spacial score (nSPS) is 10.7. The third kappa shape index (κ3) is 4.19. The molecule has 150 valence electrons. The minimum Gasteiger partial charge on any atom is -0.340 e. The number of anilines is 4. The van der Waals surface area contributed by atoms with Gasteiger partial charge in [-0.15, -0.1) is 0 Å². The van der Waals surface area contributed by atoms with Crippen LogP contribution in [0, 0.1) is 36.5 Å². The topological polar surface area (TPSA) is 126 Å². The SMILES string of the molecule is Cc1cc(/C=C/C#N)cc(C)c1Nc1nc(Nc2ccc(C#N)cc2)nc2nc[nH]c12. The molecule has 0 amide bonds. The fourth-order valence-corrected chi connectivity index (χ4v) is 3.28. The smallest absolute Gasteiger partial charge is 0.231 e. The molecule has 4 aromatic rings. The van der Waals surface area contributed by atoms with Crippen LogP contribution < -0.4 is 10.6 Å². The van der Waals surface area contributed by atoms with E-state index in [1.165, 1.54) is 6.08 Å². The van der Waals surface area contributed by atoms with Gasteiger partial charge in [0.25, 0.3) is 0 Å². The van der Waals surface area contributed by atoms with Crippen molar-refractivity contribution in [2.24, 2.45) is 0 Å². The highest BCUT2D eigenvalue weighted by Gasteiger charge is 2.13. The second-order valence-corrected chi connectivity index (χ2v) is 6.93. The van der Waals surface area contributed by atoms with Gasteiger partial charge >= 0.3 is 0 Å². The van der Waals surface area contributed by atoms with Gasteiger partial charge < -0.3 is 15.6 Å². The van der Waals surface area contributed by atoms with E-state index < -0.39 is 0 Å². The molecule has 2 aromatic carbocycles. The van der Waals surface area contributed by atoms with Crippen LogP contribution in [-0.2, 0) is 0 Å². The van der Waals surface area contributed by atoms with E-state index in [-0.39, 0.29) is 0 Å². The third-order valence-electron chi connectivity index (χ3n) is 4.70. The van der Waals surface area contributed by atoms with E-state index in [0.29, 0.717) is 28.5 Å². The van der Waals surface area contributed by atoms with E-state index in [0.717, 1.165) is 28.1 Å². The summed E-state index contributed by atoms with van der Waals surface area (Å²) in [5, 5.41) is 24.3. The fraction of sp³-hybridized carbons (Fsp3) is 0.0870. The Labute approximate surface area is 178 Å². The van der Waals surface area contributed by atoms with Gasteiger partial charge in [0.05, 0.1) is 24.0 Å². The predicted molar refractivity (Wildman–Crippen MR) is 120 cm³/mol. The number of nitrogens with one attached hydrogen (secondary N) is 3. The van der Waals surface area contributed by atoms with Gasteiger partial charge in [-0.05, 0) is 73.0 Å². The lowest BCUT2D eigenvalue weighted by atomic mass is 10.0. The molecule has 0 bridgehead atoms. The highest BCUT2D eigenvalue weighted by atomic mass is 15.2. The second kappa shape index (κ2) is 8.36. The highest BCUT2D eigenvalue weighted by Crippen LogP contribution is 2.29. The number of imidazole rings is 1. The van der Waals surface area contributed by atoms with Crippen LogP contribution in [0.5, 0.6) is 0 Å². The first kappa shape index (κ1) is 19.6. The maximum Gasteiger partial charge on any atom is 0.231 e. The van der Waals surface area contributed by atoms with Crippen molar-refractivity contribution >= 4 is 40.4 Å². The average molecular weight is 406 g/mol. The molecule has 3 N–H and O–H groups in total. The summed E-state index contributed by atoms with van der Waals surface area (Å²) in [4.78, 5) is 16.4. The third-order valence-corrected chi connectivity index (χ3v) is 4.70. The maximum absolute atomic E-state index is 8.96. The summed E-state index contributed by atoms with van der Waals surface area (Å²) < 4.78 is 0. The number of nitriles is 2. The zero-order valence-corrected chi connectivity index (χ0v) is 16.9. The van der Waals surface area contributed by atoms with Gasteiger partial charge in [-0.3, -0.25) is 0 Å². The number of hydrogen-bond acceptors (Lipinski definition) is 7. The molecule has 31 heavy (non-hydrogen) atoms. The number of H-pyrrole nitrogens is 1.